The fraction of sp³-hybridized carbons (Fsp3) is 0.0606. The van der Waals surface area contributed by atoms with E-state index in [1.807, 2.05) is 42.5 Å². The number of hydrogen-bond donors (Lipinski definition) is 0. The van der Waals surface area contributed by atoms with Crippen LogP contribution in [0, 0.1) is 71.6 Å². The Balaban J connectivity index is 1.26. The SMILES string of the molecule is [C-]#[N+]c1cc(C#N)cc(-c2cc(-c3cc(C#N)cc(C#N)c3)cc(-c3ccc4c(c3)c3cc(-c5cc(-c6cc(C#N)cc([N+]#[C-])c6)cc(-c6cc([N+]#[C-])cc([N+]#[C-])c6)c5)ccc3n4-c3ccccc3C(C)(C)C)c2)c1. The lowest BCUT2D eigenvalue weighted by atomic mass is 9.85. The van der Waals surface area contributed by atoms with Crippen LogP contribution in [0.4, 0.5) is 22.7 Å². The van der Waals surface area contributed by atoms with Gasteiger partial charge in [0.05, 0.1) is 72.7 Å². The van der Waals surface area contributed by atoms with Crippen molar-refractivity contribution in [2.45, 2.75) is 26.2 Å². The van der Waals surface area contributed by atoms with E-state index in [0.717, 1.165) is 77.6 Å². The summed E-state index contributed by atoms with van der Waals surface area (Å²) < 4.78 is 2.31. The van der Waals surface area contributed by atoms with Gasteiger partial charge in [-0.3, -0.25) is 0 Å². The van der Waals surface area contributed by atoms with E-state index in [1.165, 1.54) is 0 Å². The summed E-state index contributed by atoms with van der Waals surface area (Å²) in [5.41, 5.74) is 15.6. The first-order valence-corrected chi connectivity index (χ1v) is 23.5. The van der Waals surface area contributed by atoms with Crippen molar-refractivity contribution in [3.63, 3.8) is 0 Å². The number of hydrogen-bond acceptors (Lipinski definition) is 4. The Morgan fingerprint density at radius 1 is 0.347 bits per heavy atom. The smallest absolute Gasteiger partial charge is 0.189 e. The number of aromatic nitrogens is 1. The molecule has 1 aromatic heterocycles. The van der Waals surface area contributed by atoms with Gasteiger partial charge in [0.2, 0.25) is 0 Å². The Hall–Kier alpha value is -11.3. The minimum Gasteiger partial charge on any atom is -0.309 e. The molecule has 0 amide bonds. The Bertz CT molecular complexity index is 3880. The number of para-hydroxylation sites is 1. The highest BCUT2D eigenvalue weighted by molar-refractivity contribution is 6.12. The first-order valence-electron chi connectivity index (χ1n) is 23.5. The molecule has 0 unspecified atom stereocenters. The number of fused-ring (bicyclic) bond motifs is 3. The van der Waals surface area contributed by atoms with Gasteiger partial charge in [-0.05, 0) is 199 Å². The van der Waals surface area contributed by atoms with E-state index in [9.17, 15) is 21.0 Å². The maximum Gasteiger partial charge on any atom is 0.189 e. The van der Waals surface area contributed by atoms with Crippen LogP contribution in [0.15, 0.2) is 170 Å². The van der Waals surface area contributed by atoms with Crippen LogP contribution in [0.5, 0.6) is 0 Å². The van der Waals surface area contributed by atoms with Gasteiger partial charge in [-0.2, -0.15) is 21.0 Å². The van der Waals surface area contributed by atoms with Gasteiger partial charge in [0.25, 0.3) is 0 Å². The van der Waals surface area contributed by atoms with E-state index >= 15 is 0 Å². The van der Waals surface area contributed by atoms with Crippen LogP contribution in [0.3, 0.4) is 0 Å². The second-order valence-corrected chi connectivity index (χ2v) is 19.1. The van der Waals surface area contributed by atoms with Gasteiger partial charge in [-0.1, -0.05) is 69.3 Å². The fourth-order valence-electron chi connectivity index (χ4n) is 9.83. The molecule has 0 aliphatic rings. The summed E-state index contributed by atoms with van der Waals surface area (Å²) >= 11 is 0. The highest BCUT2D eigenvalue weighted by Gasteiger charge is 2.23. The van der Waals surface area contributed by atoms with Gasteiger partial charge in [0.15, 0.2) is 22.7 Å². The third-order valence-corrected chi connectivity index (χ3v) is 13.3. The summed E-state index contributed by atoms with van der Waals surface area (Å²) in [4.78, 5) is 14.7. The van der Waals surface area contributed by atoms with Crippen molar-refractivity contribution in [2.24, 2.45) is 0 Å². The van der Waals surface area contributed by atoms with Gasteiger partial charge >= 0.3 is 0 Å². The average molecular weight is 956 g/mol. The molecular formula is C66H37N9. The second-order valence-electron chi connectivity index (χ2n) is 19.1. The van der Waals surface area contributed by atoms with Crippen molar-refractivity contribution in [2.75, 3.05) is 0 Å². The van der Waals surface area contributed by atoms with Crippen LogP contribution in [0.25, 0.3) is 114 Å². The Labute approximate surface area is 434 Å². The van der Waals surface area contributed by atoms with Crippen LogP contribution in [-0.4, -0.2) is 4.57 Å². The molecule has 0 saturated heterocycles. The number of nitrogens with zero attached hydrogens (tertiary/aromatic N) is 9. The zero-order valence-corrected chi connectivity index (χ0v) is 40.7. The Morgan fingerprint density at radius 3 is 1.04 bits per heavy atom. The molecule has 346 valence electrons. The summed E-state index contributed by atoms with van der Waals surface area (Å²) in [5, 5.41) is 41.8. The lowest BCUT2D eigenvalue weighted by Crippen LogP contribution is -2.15. The van der Waals surface area contributed by atoms with E-state index in [-0.39, 0.29) is 5.41 Å². The predicted molar refractivity (Wildman–Crippen MR) is 296 cm³/mol. The monoisotopic (exact) mass is 955 g/mol. The molecule has 9 aromatic carbocycles. The summed E-state index contributed by atoms with van der Waals surface area (Å²) in [7, 11) is 0. The van der Waals surface area contributed by atoms with E-state index in [1.54, 1.807) is 72.8 Å². The highest BCUT2D eigenvalue weighted by Crippen LogP contribution is 2.43. The third-order valence-electron chi connectivity index (χ3n) is 13.3. The fourth-order valence-corrected chi connectivity index (χ4v) is 9.83. The van der Waals surface area contributed by atoms with Gasteiger partial charge in [0.1, 0.15) is 0 Å². The van der Waals surface area contributed by atoms with Crippen molar-refractivity contribution in [1.29, 1.82) is 21.0 Å². The zero-order chi connectivity index (χ0) is 52.5. The molecule has 0 N–H and O–H groups in total. The van der Waals surface area contributed by atoms with Crippen molar-refractivity contribution in [1.82, 2.24) is 4.57 Å². The molecule has 0 fully saturated rings. The highest BCUT2D eigenvalue weighted by atomic mass is 15.0. The first kappa shape index (κ1) is 47.4. The minimum absolute atomic E-state index is 0.217. The quantitative estimate of drug-likeness (QED) is 0.148. The Kier molecular flexibility index (Phi) is 12.1. The molecule has 10 aromatic rings. The van der Waals surface area contributed by atoms with Crippen LogP contribution in [-0.2, 0) is 5.41 Å². The molecule has 0 saturated carbocycles. The van der Waals surface area contributed by atoms with Crippen LogP contribution < -0.4 is 0 Å². The summed E-state index contributed by atoms with van der Waals surface area (Å²) in [5.74, 6) is 0. The van der Waals surface area contributed by atoms with E-state index in [2.05, 4.69) is 124 Å². The zero-order valence-electron chi connectivity index (χ0n) is 40.7. The molecule has 0 atom stereocenters. The molecule has 1 heterocycles. The summed E-state index contributed by atoms with van der Waals surface area (Å²) in [6, 6.07) is 62.3. The lowest BCUT2D eigenvalue weighted by Gasteiger charge is -2.24. The van der Waals surface area contributed by atoms with Gasteiger partial charge in [0, 0.05) is 27.6 Å². The molecular weight excluding hydrogens is 919 g/mol. The summed E-state index contributed by atoms with van der Waals surface area (Å²) in [6.45, 7) is 37.9. The van der Waals surface area contributed by atoms with Gasteiger partial charge in [-0.25, -0.2) is 19.4 Å². The topological polar surface area (TPSA) is 118 Å². The van der Waals surface area contributed by atoms with Crippen LogP contribution in [0.2, 0.25) is 0 Å². The molecule has 0 aliphatic carbocycles. The van der Waals surface area contributed by atoms with Crippen molar-refractivity contribution in [3.05, 3.63) is 243 Å². The third kappa shape index (κ3) is 9.06. The van der Waals surface area contributed by atoms with Crippen molar-refractivity contribution < 1.29 is 0 Å². The minimum atomic E-state index is -0.217. The largest absolute Gasteiger partial charge is 0.309 e. The van der Waals surface area contributed by atoms with Crippen LogP contribution >= 0.6 is 0 Å². The molecule has 10 rings (SSSR count). The van der Waals surface area contributed by atoms with Crippen molar-refractivity contribution >= 4 is 44.6 Å². The van der Waals surface area contributed by atoms with Gasteiger partial charge in [-0.15, -0.1) is 0 Å². The molecule has 0 radical (unpaired) electrons. The second kappa shape index (κ2) is 19.1. The molecule has 0 aliphatic heterocycles. The normalized spacial score (nSPS) is 10.8. The Morgan fingerprint density at radius 2 is 0.667 bits per heavy atom. The van der Waals surface area contributed by atoms with E-state index in [4.69, 9.17) is 26.3 Å². The molecule has 0 bridgehead atoms. The average Bonchev–Trinajstić information content (AvgIpc) is 3.79. The van der Waals surface area contributed by atoms with E-state index in [0.29, 0.717) is 67.3 Å². The van der Waals surface area contributed by atoms with Crippen LogP contribution in [0.1, 0.15) is 48.6 Å². The summed E-state index contributed by atoms with van der Waals surface area (Å²) in [6.07, 6.45) is 0. The molecule has 9 nitrogen and oxygen atoms in total. The maximum absolute atomic E-state index is 9.99. The number of rotatable bonds is 7. The van der Waals surface area contributed by atoms with E-state index < -0.39 is 0 Å². The molecule has 75 heavy (non-hydrogen) atoms. The number of benzene rings is 9. The van der Waals surface area contributed by atoms with Gasteiger partial charge < -0.3 is 4.57 Å². The van der Waals surface area contributed by atoms with Crippen molar-refractivity contribution in [3.8, 4) is 96.7 Å². The first-order chi connectivity index (χ1) is 36.3. The standard InChI is InChI=1S/C66H37N9/c1-66(2,3)62-10-8-9-11-65(62)75-63-14-12-44(49-23-51(46-17-40(36-67)16-41(18-46)37-68)27-52(24-49)47-19-42(38-69)21-56(29-47)71-4)33-60(63)61-34-45(13-15-64(61)75)50-25-53(48-20-43(39-70)22-57(30-48)72-5)28-54(26-50)55-31-58(73-6)35-59(32-55)74-7/h8-35H,1-3H3. The lowest BCUT2D eigenvalue weighted by molar-refractivity contribution is 0.587. The maximum atomic E-state index is 9.99. The molecule has 9 heteroatoms. The number of nitriles is 4. The predicted octanol–water partition coefficient (Wildman–Crippen LogP) is 17.8. The molecule has 0 spiro atoms.